The summed E-state index contributed by atoms with van der Waals surface area (Å²) in [6, 6.07) is 21.4. The van der Waals surface area contributed by atoms with Crippen LogP contribution in [0.1, 0.15) is 26.7 Å². The Labute approximate surface area is 184 Å². The fourth-order valence-corrected chi connectivity index (χ4v) is 7.53. The van der Waals surface area contributed by atoms with Crippen LogP contribution in [0.5, 0.6) is 0 Å². The minimum absolute atomic E-state index is 0. The summed E-state index contributed by atoms with van der Waals surface area (Å²) in [4.78, 5) is 0. The summed E-state index contributed by atoms with van der Waals surface area (Å²) in [5.41, 5.74) is 0.494. The van der Waals surface area contributed by atoms with Crippen molar-refractivity contribution in [2.75, 3.05) is 12.3 Å². The van der Waals surface area contributed by atoms with Crippen LogP contribution in [-0.2, 0) is 14.6 Å². The number of hydrogen-bond acceptors (Lipinski definition) is 4. The van der Waals surface area contributed by atoms with Crippen molar-refractivity contribution >= 4 is 37.5 Å². The van der Waals surface area contributed by atoms with E-state index in [9.17, 15) is 13.0 Å². The molecule has 1 unspecified atom stereocenters. The molecule has 28 heavy (non-hydrogen) atoms. The topological polar surface area (TPSA) is 66.4 Å². The molecule has 0 N–H and O–H groups in total. The SMILES string of the molecule is C[C@H](CC[C@H](C)OS(=O)(=O)[O-])PCCP(c1ccccc1)c1ccccc1.[Li+]. The molecule has 4 nitrogen and oxygen atoms in total. The van der Waals surface area contributed by atoms with E-state index in [1.54, 1.807) is 6.92 Å². The van der Waals surface area contributed by atoms with Gasteiger partial charge in [0.05, 0.1) is 6.10 Å². The van der Waals surface area contributed by atoms with Crippen molar-refractivity contribution < 1.29 is 36.0 Å². The van der Waals surface area contributed by atoms with Gasteiger partial charge in [0, 0.05) is 0 Å². The van der Waals surface area contributed by atoms with Crippen molar-refractivity contribution in [2.45, 2.75) is 38.5 Å². The Morgan fingerprint density at radius 2 is 1.46 bits per heavy atom. The van der Waals surface area contributed by atoms with Crippen LogP contribution in [0.25, 0.3) is 0 Å². The van der Waals surface area contributed by atoms with Gasteiger partial charge in [-0.3, -0.25) is 4.18 Å². The Bertz CT molecular complexity index is 736. The molecule has 8 heteroatoms. The fourth-order valence-electron chi connectivity index (χ4n) is 2.88. The van der Waals surface area contributed by atoms with Gasteiger partial charge in [-0.25, -0.2) is 8.42 Å². The maximum atomic E-state index is 10.6. The molecule has 0 amide bonds. The molecule has 0 bridgehead atoms. The van der Waals surface area contributed by atoms with Gasteiger partial charge in [-0.05, 0) is 56.3 Å². The van der Waals surface area contributed by atoms with Crippen molar-refractivity contribution in [3.8, 4) is 0 Å². The zero-order valence-electron chi connectivity index (χ0n) is 16.7. The third-order valence-electron chi connectivity index (χ3n) is 4.25. The maximum Gasteiger partial charge on any atom is 1.00 e. The van der Waals surface area contributed by atoms with E-state index in [0.717, 1.165) is 27.3 Å². The number of benzene rings is 2. The molecule has 0 aliphatic rings. The van der Waals surface area contributed by atoms with Crippen molar-refractivity contribution in [3.05, 3.63) is 60.7 Å². The Kier molecular flexibility index (Phi) is 12.1. The number of hydrogen-bond donors (Lipinski definition) is 0. The molecule has 2 aromatic carbocycles. The van der Waals surface area contributed by atoms with Gasteiger partial charge in [0.1, 0.15) is 0 Å². The molecular weight excluding hydrogens is 405 g/mol. The van der Waals surface area contributed by atoms with Gasteiger partial charge in [-0.2, -0.15) is 0 Å². The standard InChI is InChI=1S/C20H28O4P2S.Li/c1-17(24-27(21,22)23)13-14-18(2)25-15-16-26(19-9-5-3-6-10-19)20-11-7-4-8-12-20;/h3-12,17-18,25H,13-16H2,1-2H3,(H,21,22,23);/q;+1/p-1/t17-,18+;/m0./s1. The van der Waals surface area contributed by atoms with E-state index in [1.807, 2.05) is 0 Å². The summed E-state index contributed by atoms with van der Waals surface area (Å²) in [7, 11) is -4.16. The van der Waals surface area contributed by atoms with E-state index >= 15 is 0 Å². The maximum absolute atomic E-state index is 10.6. The van der Waals surface area contributed by atoms with E-state index in [1.165, 1.54) is 10.6 Å². The van der Waals surface area contributed by atoms with Gasteiger partial charge in [-0.15, -0.1) is 8.58 Å². The molecule has 2 rings (SSSR count). The van der Waals surface area contributed by atoms with E-state index in [-0.39, 0.29) is 26.8 Å². The Hall–Kier alpha value is -0.233. The second-order valence-corrected chi connectivity index (χ2v) is 11.8. The van der Waals surface area contributed by atoms with Crippen LogP contribution in [0.15, 0.2) is 60.7 Å². The quantitative estimate of drug-likeness (QED) is 0.229. The van der Waals surface area contributed by atoms with Crippen LogP contribution in [0.3, 0.4) is 0 Å². The summed E-state index contributed by atoms with van der Waals surface area (Å²) in [6.45, 7) is 3.82. The average Bonchev–Trinajstić information content (AvgIpc) is 2.64. The van der Waals surface area contributed by atoms with Gasteiger partial charge < -0.3 is 4.55 Å². The summed E-state index contributed by atoms with van der Waals surface area (Å²) >= 11 is 0. The van der Waals surface area contributed by atoms with Gasteiger partial charge >= 0.3 is 18.9 Å². The molecule has 0 fully saturated rings. The van der Waals surface area contributed by atoms with Crippen LogP contribution in [-0.4, -0.2) is 37.1 Å². The van der Waals surface area contributed by atoms with Crippen LogP contribution in [0.4, 0.5) is 0 Å². The van der Waals surface area contributed by atoms with E-state index in [0.29, 0.717) is 12.1 Å². The van der Waals surface area contributed by atoms with E-state index in [4.69, 9.17) is 0 Å². The third kappa shape index (κ3) is 9.99. The number of rotatable bonds is 11. The predicted octanol–water partition coefficient (Wildman–Crippen LogP) is 0.836. The van der Waals surface area contributed by atoms with E-state index < -0.39 is 16.5 Å². The monoisotopic (exact) mass is 432 g/mol. The molecule has 0 aliphatic carbocycles. The summed E-state index contributed by atoms with van der Waals surface area (Å²) in [6.07, 6.45) is 3.19. The molecule has 0 spiro atoms. The summed E-state index contributed by atoms with van der Waals surface area (Å²) in [5.74, 6) is 0. The van der Waals surface area contributed by atoms with Gasteiger partial charge in [-0.1, -0.05) is 67.6 Å². The average molecular weight is 432 g/mol. The third-order valence-corrected chi connectivity index (χ3v) is 9.28. The molecule has 3 atom stereocenters. The van der Waals surface area contributed by atoms with Crippen molar-refractivity contribution in [1.29, 1.82) is 0 Å². The Morgan fingerprint density at radius 1 is 0.964 bits per heavy atom. The predicted molar refractivity (Wildman–Crippen MR) is 116 cm³/mol. The second kappa shape index (κ2) is 13.1. The van der Waals surface area contributed by atoms with Crippen molar-refractivity contribution in [2.24, 2.45) is 0 Å². The second-order valence-electron chi connectivity index (χ2n) is 6.57. The van der Waals surface area contributed by atoms with Gasteiger partial charge in [0.2, 0.25) is 10.4 Å². The molecule has 0 aromatic heterocycles. The molecular formula is C20H27LiO4P2S. The van der Waals surface area contributed by atoms with Crippen molar-refractivity contribution in [3.63, 3.8) is 0 Å². The van der Waals surface area contributed by atoms with Crippen LogP contribution >= 0.6 is 16.5 Å². The smallest absolute Gasteiger partial charge is 0.726 e. The first-order valence-electron chi connectivity index (χ1n) is 9.10. The zero-order valence-corrected chi connectivity index (χ0v) is 19.5. The summed E-state index contributed by atoms with van der Waals surface area (Å²) in [5, 5.41) is 2.80. The first-order valence-corrected chi connectivity index (χ1v) is 13.2. The minimum Gasteiger partial charge on any atom is -0.726 e. The van der Waals surface area contributed by atoms with Gasteiger partial charge in [0.15, 0.2) is 0 Å². The van der Waals surface area contributed by atoms with Crippen LogP contribution in [0, 0.1) is 0 Å². The Balaban J connectivity index is 0.00000392. The first kappa shape index (κ1) is 25.8. The normalized spacial score (nSPS) is 14.1. The first-order chi connectivity index (χ1) is 12.8. The minimum atomic E-state index is -4.61. The van der Waals surface area contributed by atoms with E-state index in [2.05, 4.69) is 71.8 Å². The van der Waals surface area contributed by atoms with Crippen LogP contribution < -0.4 is 29.5 Å². The zero-order chi connectivity index (χ0) is 19.7. The molecule has 2 aromatic rings. The molecule has 148 valence electrons. The largest absolute Gasteiger partial charge is 1.00 e. The molecule has 0 aliphatic heterocycles. The fraction of sp³-hybridized carbons (Fsp3) is 0.400. The molecule has 0 saturated heterocycles. The molecule has 0 saturated carbocycles. The summed E-state index contributed by atoms with van der Waals surface area (Å²) < 4.78 is 36.4. The molecule has 0 heterocycles. The van der Waals surface area contributed by atoms with Crippen molar-refractivity contribution in [1.82, 2.24) is 0 Å². The van der Waals surface area contributed by atoms with Crippen LogP contribution in [0.2, 0.25) is 0 Å². The van der Waals surface area contributed by atoms with Gasteiger partial charge in [0.25, 0.3) is 0 Å². The Morgan fingerprint density at radius 3 is 1.93 bits per heavy atom. The molecule has 0 radical (unpaired) electrons.